The second kappa shape index (κ2) is 7.47. The van der Waals surface area contributed by atoms with Crippen molar-refractivity contribution in [3.63, 3.8) is 0 Å². The minimum Gasteiger partial charge on any atom is -0.508 e. The number of phenols is 1. The molecule has 2 atom stereocenters. The number of piperazine rings is 1. The summed E-state index contributed by atoms with van der Waals surface area (Å²) in [6.45, 7) is 5.08. The number of amides is 1. The van der Waals surface area contributed by atoms with Crippen LogP contribution in [0.5, 0.6) is 5.75 Å². The predicted molar refractivity (Wildman–Crippen MR) is 79.1 cm³/mol. The van der Waals surface area contributed by atoms with Crippen LogP contribution >= 0.6 is 12.4 Å². The molecule has 0 unspecified atom stereocenters. The van der Waals surface area contributed by atoms with Crippen LogP contribution in [0, 0.1) is 5.82 Å². The minimum atomic E-state index is -0.503. The number of carbonyl (C=O) groups excluding carboxylic acids is 1. The normalized spacial score (nSPS) is 21.6. The van der Waals surface area contributed by atoms with E-state index in [1.54, 1.807) is 4.90 Å². The van der Waals surface area contributed by atoms with E-state index in [4.69, 9.17) is 4.74 Å². The third-order valence-corrected chi connectivity index (χ3v) is 3.42. The van der Waals surface area contributed by atoms with Crippen molar-refractivity contribution in [2.75, 3.05) is 13.1 Å². The molecule has 118 valence electrons. The molecule has 21 heavy (non-hydrogen) atoms. The Balaban J connectivity index is 0.00000220. The SMILES string of the molecule is C[C@@H]1CNC[C@H](C)N1C(=O)OCc1cc(O)ccc1F.Cl. The summed E-state index contributed by atoms with van der Waals surface area (Å²) < 4.78 is 18.6. The van der Waals surface area contributed by atoms with Crippen LogP contribution in [0.15, 0.2) is 18.2 Å². The maximum absolute atomic E-state index is 13.5. The fourth-order valence-corrected chi connectivity index (χ4v) is 2.38. The fourth-order valence-electron chi connectivity index (χ4n) is 2.38. The van der Waals surface area contributed by atoms with E-state index in [1.165, 1.54) is 12.1 Å². The van der Waals surface area contributed by atoms with E-state index in [0.29, 0.717) is 13.1 Å². The highest BCUT2D eigenvalue weighted by atomic mass is 35.5. The van der Waals surface area contributed by atoms with Crippen LogP contribution < -0.4 is 5.32 Å². The van der Waals surface area contributed by atoms with Gasteiger partial charge < -0.3 is 20.1 Å². The largest absolute Gasteiger partial charge is 0.508 e. The lowest BCUT2D eigenvalue weighted by molar-refractivity contribution is 0.0557. The minimum absolute atomic E-state index is 0. The van der Waals surface area contributed by atoms with Crippen molar-refractivity contribution in [3.8, 4) is 5.75 Å². The van der Waals surface area contributed by atoms with Crippen LogP contribution in [-0.4, -0.2) is 41.3 Å². The van der Waals surface area contributed by atoms with E-state index in [-0.39, 0.29) is 42.4 Å². The predicted octanol–water partition coefficient (Wildman–Crippen LogP) is 2.27. The molecule has 0 aromatic heterocycles. The molecule has 5 nitrogen and oxygen atoms in total. The first-order valence-corrected chi connectivity index (χ1v) is 6.62. The first-order valence-electron chi connectivity index (χ1n) is 6.62. The van der Waals surface area contributed by atoms with Crippen LogP contribution in [0.2, 0.25) is 0 Å². The van der Waals surface area contributed by atoms with Gasteiger partial charge in [-0.15, -0.1) is 12.4 Å². The van der Waals surface area contributed by atoms with Gasteiger partial charge in [-0.25, -0.2) is 9.18 Å². The van der Waals surface area contributed by atoms with Gasteiger partial charge in [0.2, 0.25) is 0 Å². The Kier molecular flexibility index (Phi) is 6.23. The molecule has 2 N–H and O–H groups in total. The van der Waals surface area contributed by atoms with Gasteiger partial charge in [-0.2, -0.15) is 0 Å². The number of hydrogen-bond acceptors (Lipinski definition) is 4. The monoisotopic (exact) mass is 318 g/mol. The topological polar surface area (TPSA) is 61.8 Å². The number of aromatic hydroxyl groups is 1. The molecule has 1 fully saturated rings. The van der Waals surface area contributed by atoms with Crippen molar-refractivity contribution in [2.24, 2.45) is 0 Å². The van der Waals surface area contributed by atoms with E-state index < -0.39 is 11.9 Å². The standard InChI is InChI=1S/C14H19FN2O3.ClH/c1-9-6-16-7-10(2)17(9)14(19)20-8-11-5-12(18)3-4-13(11)15;/h3-5,9-10,16,18H,6-8H2,1-2H3;1H/t9-,10+;. The van der Waals surface area contributed by atoms with E-state index in [9.17, 15) is 14.3 Å². The first kappa shape index (κ1) is 17.5. The van der Waals surface area contributed by atoms with Gasteiger partial charge in [0.15, 0.2) is 0 Å². The summed E-state index contributed by atoms with van der Waals surface area (Å²) in [6, 6.07) is 3.71. The quantitative estimate of drug-likeness (QED) is 0.878. The first-order chi connectivity index (χ1) is 9.49. The highest BCUT2D eigenvalue weighted by Gasteiger charge is 2.30. The molecule has 1 aliphatic rings. The van der Waals surface area contributed by atoms with Gasteiger partial charge in [-0.05, 0) is 32.0 Å². The Labute approximate surface area is 129 Å². The lowest BCUT2D eigenvalue weighted by Gasteiger charge is -2.38. The van der Waals surface area contributed by atoms with E-state index in [1.807, 2.05) is 13.8 Å². The van der Waals surface area contributed by atoms with Gasteiger partial charge in [-0.3, -0.25) is 0 Å². The van der Waals surface area contributed by atoms with E-state index >= 15 is 0 Å². The van der Waals surface area contributed by atoms with Crippen LogP contribution in [0.4, 0.5) is 9.18 Å². The number of nitrogens with zero attached hydrogens (tertiary/aromatic N) is 1. The maximum atomic E-state index is 13.5. The molecule has 1 amide bonds. The van der Waals surface area contributed by atoms with Crippen LogP contribution in [-0.2, 0) is 11.3 Å². The third-order valence-electron chi connectivity index (χ3n) is 3.42. The van der Waals surface area contributed by atoms with Crippen molar-refractivity contribution in [1.29, 1.82) is 0 Å². The summed E-state index contributed by atoms with van der Waals surface area (Å²) in [5.74, 6) is -0.557. The van der Waals surface area contributed by atoms with E-state index in [2.05, 4.69) is 5.32 Å². The van der Waals surface area contributed by atoms with Gasteiger partial charge in [0.25, 0.3) is 0 Å². The summed E-state index contributed by atoms with van der Waals surface area (Å²) in [6.07, 6.45) is -0.464. The fraction of sp³-hybridized carbons (Fsp3) is 0.500. The number of benzene rings is 1. The lowest BCUT2D eigenvalue weighted by Crippen LogP contribution is -2.57. The second-order valence-corrected chi connectivity index (χ2v) is 5.09. The smallest absolute Gasteiger partial charge is 0.410 e. The molecule has 0 radical (unpaired) electrons. The molecule has 1 saturated heterocycles. The van der Waals surface area contributed by atoms with Crippen molar-refractivity contribution >= 4 is 18.5 Å². The molecule has 2 rings (SSSR count). The van der Waals surface area contributed by atoms with Gasteiger partial charge >= 0.3 is 6.09 Å². The Morgan fingerprint density at radius 2 is 2.05 bits per heavy atom. The zero-order valence-corrected chi connectivity index (χ0v) is 12.8. The highest BCUT2D eigenvalue weighted by molar-refractivity contribution is 5.85. The summed E-state index contributed by atoms with van der Waals surface area (Å²) in [7, 11) is 0. The zero-order valence-electron chi connectivity index (χ0n) is 12.0. The van der Waals surface area contributed by atoms with Crippen LogP contribution in [0.3, 0.4) is 0 Å². The number of rotatable bonds is 2. The van der Waals surface area contributed by atoms with Gasteiger partial charge in [-0.1, -0.05) is 0 Å². The highest BCUT2D eigenvalue weighted by Crippen LogP contribution is 2.18. The number of hydrogen-bond donors (Lipinski definition) is 2. The molecule has 0 aliphatic carbocycles. The Bertz CT molecular complexity index is 491. The van der Waals surface area contributed by atoms with Crippen molar-refractivity contribution in [3.05, 3.63) is 29.6 Å². The summed E-state index contributed by atoms with van der Waals surface area (Å²) in [5, 5.41) is 12.5. The number of ether oxygens (including phenoxy) is 1. The van der Waals surface area contributed by atoms with Crippen molar-refractivity contribution in [2.45, 2.75) is 32.5 Å². The summed E-state index contributed by atoms with van der Waals surface area (Å²) in [5.41, 5.74) is 0.161. The molecule has 1 aromatic rings. The number of carbonyl (C=O) groups is 1. The number of nitrogens with one attached hydrogen (secondary N) is 1. The number of phenolic OH excluding ortho intramolecular Hbond substituents is 1. The molecule has 0 saturated carbocycles. The summed E-state index contributed by atoms with van der Waals surface area (Å²) in [4.78, 5) is 13.7. The van der Waals surface area contributed by atoms with Gasteiger partial charge in [0.05, 0.1) is 0 Å². The van der Waals surface area contributed by atoms with E-state index in [0.717, 1.165) is 6.07 Å². The Morgan fingerprint density at radius 1 is 1.43 bits per heavy atom. The zero-order chi connectivity index (χ0) is 14.7. The molecular weight excluding hydrogens is 299 g/mol. The molecule has 1 aromatic carbocycles. The average Bonchev–Trinajstić information content (AvgIpc) is 2.39. The van der Waals surface area contributed by atoms with Crippen LogP contribution in [0.1, 0.15) is 19.4 Å². The average molecular weight is 319 g/mol. The third kappa shape index (κ3) is 4.22. The molecule has 0 spiro atoms. The van der Waals surface area contributed by atoms with Crippen LogP contribution in [0.25, 0.3) is 0 Å². The van der Waals surface area contributed by atoms with Crippen molar-refractivity contribution < 1.29 is 19.0 Å². The Morgan fingerprint density at radius 3 is 2.67 bits per heavy atom. The lowest BCUT2D eigenvalue weighted by atomic mass is 10.1. The molecule has 7 heteroatoms. The molecular formula is C14H20ClFN2O3. The van der Waals surface area contributed by atoms with Gasteiger partial charge in [0, 0.05) is 30.7 Å². The second-order valence-electron chi connectivity index (χ2n) is 5.09. The van der Waals surface area contributed by atoms with Gasteiger partial charge in [0.1, 0.15) is 18.2 Å². The molecule has 0 bridgehead atoms. The number of halogens is 2. The molecule has 1 heterocycles. The Hall–Kier alpha value is -1.53. The van der Waals surface area contributed by atoms with Crippen molar-refractivity contribution in [1.82, 2.24) is 10.2 Å². The molecule has 1 aliphatic heterocycles. The maximum Gasteiger partial charge on any atom is 0.410 e. The summed E-state index contributed by atoms with van der Waals surface area (Å²) >= 11 is 0.